The monoisotopic (exact) mass is 264 g/mol. The van der Waals surface area contributed by atoms with E-state index in [0.717, 1.165) is 25.7 Å². The smallest absolute Gasteiger partial charge is 0.313 e. The van der Waals surface area contributed by atoms with E-state index in [4.69, 9.17) is 4.74 Å². The highest BCUT2D eigenvalue weighted by molar-refractivity contribution is 5.80. The van der Waals surface area contributed by atoms with E-state index in [0.29, 0.717) is 0 Å². The van der Waals surface area contributed by atoms with Gasteiger partial charge in [-0.3, -0.25) is 4.79 Å². The zero-order chi connectivity index (χ0) is 13.6. The Morgan fingerprint density at radius 2 is 1.79 bits per heavy atom. The van der Waals surface area contributed by atoms with Crippen molar-refractivity contribution in [3.8, 4) is 0 Å². The van der Waals surface area contributed by atoms with Crippen LogP contribution in [-0.4, -0.2) is 11.6 Å². The van der Waals surface area contributed by atoms with Gasteiger partial charge >= 0.3 is 5.97 Å². The molecule has 2 nitrogen and oxygen atoms in total. The summed E-state index contributed by atoms with van der Waals surface area (Å²) >= 11 is 0. The second-order valence-corrected chi connectivity index (χ2v) is 6.23. The largest absolute Gasteiger partial charge is 0.458 e. The maximum atomic E-state index is 11.7. The van der Waals surface area contributed by atoms with Crippen LogP contribution in [0.2, 0.25) is 0 Å². The van der Waals surface area contributed by atoms with Crippen LogP contribution in [0.5, 0.6) is 0 Å². The number of esters is 1. The molecule has 2 fully saturated rings. The minimum atomic E-state index is -0.0296. The molecule has 0 aromatic carbocycles. The van der Waals surface area contributed by atoms with Crippen LogP contribution >= 0.6 is 0 Å². The molecule has 0 N–H and O–H groups in total. The highest BCUT2D eigenvalue weighted by Crippen LogP contribution is 2.47. The van der Waals surface area contributed by atoms with Gasteiger partial charge in [0.1, 0.15) is 5.60 Å². The van der Waals surface area contributed by atoms with Crippen LogP contribution in [0.25, 0.3) is 0 Å². The zero-order valence-corrected chi connectivity index (χ0v) is 12.2. The maximum Gasteiger partial charge on any atom is 0.313 e. The van der Waals surface area contributed by atoms with E-state index in [-0.39, 0.29) is 17.5 Å². The molecule has 1 unspecified atom stereocenters. The molecule has 1 heterocycles. The van der Waals surface area contributed by atoms with Gasteiger partial charge in [-0.2, -0.15) is 0 Å². The average molecular weight is 264 g/mol. The lowest BCUT2D eigenvalue weighted by Gasteiger charge is -2.50. The van der Waals surface area contributed by atoms with Gasteiger partial charge in [0.2, 0.25) is 0 Å². The van der Waals surface area contributed by atoms with Crippen molar-refractivity contribution in [1.82, 2.24) is 0 Å². The minimum Gasteiger partial charge on any atom is -0.458 e. The first-order valence-corrected chi connectivity index (χ1v) is 8.12. The molecule has 2 heteroatoms. The third kappa shape index (κ3) is 3.61. The van der Waals surface area contributed by atoms with Crippen molar-refractivity contribution >= 4 is 5.97 Å². The molecule has 0 bridgehead atoms. The van der Waals surface area contributed by atoms with Crippen molar-refractivity contribution in [2.24, 2.45) is 5.92 Å². The summed E-state index contributed by atoms with van der Waals surface area (Å²) in [4.78, 5) is 11.7. The van der Waals surface area contributed by atoms with Gasteiger partial charge in [0.15, 0.2) is 0 Å². The molecule has 1 saturated carbocycles. The molecule has 0 radical (unpaired) electrons. The van der Waals surface area contributed by atoms with Crippen molar-refractivity contribution in [1.29, 1.82) is 0 Å². The molecule has 2 rings (SSSR count). The fourth-order valence-corrected chi connectivity index (χ4v) is 3.65. The van der Waals surface area contributed by atoms with E-state index in [2.05, 4.69) is 6.58 Å². The second kappa shape index (κ2) is 7.12. The molecule has 1 aliphatic carbocycles. The summed E-state index contributed by atoms with van der Waals surface area (Å²) in [7, 11) is 0. The Bertz CT molecular complexity index is 302. The number of hydrogen-bond acceptors (Lipinski definition) is 2. The van der Waals surface area contributed by atoms with E-state index in [9.17, 15) is 4.79 Å². The highest BCUT2D eigenvalue weighted by Gasteiger charge is 2.55. The van der Waals surface area contributed by atoms with Gasteiger partial charge in [0.05, 0.1) is 5.92 Å². The predicted octanol–water partition coefficient (Wildman–Crippen LogP) is 4.78. The third-order valence-electron chi connectivity index (χ3n) is 4.82. The van der Waals surface area contributed by atoms with Crippen molar-refractivity contribution in [2.75, 3.05) is 0 Å². The van der Waals surface area contributed by atoms with Crippen molar-refractivity contribution < 1.29 is 9.53 Å². The van der Waals surface area contributed by atoms with Crippen molar-refractivity contribution in [3.63, 3.8) is 0 Å². The highest BCUT2D eigenvalue weighted by atomic mass is 16.6. The molecule has 108 valence electrons. The molecular weight excluding hydrogens is 236 g/mol. The van der Waals surface area contributed by atoms with Gasteiger partial charge in [0, 0.05) is 0 Å². The first kappa shape index (κ1) is 14.6. The predicted molar refractivity (Wildman–Crippen MR) is 77.9 cm³/mol. The third-order valence-corrected chi connectivity index (χ3v) is 4.82. The molecule has 0 aromatic heterocycles. The summed E-state index contributed by atoms with van der Waals surface area (Å²) in [6, 6.07) is 0. The molecule has 0 amide bonds. The van der Waals surface area contributed by atoms with Crippen LogP contribution in [-0.2, 0) is 9.53 Å². The Morgan fingerprint density at radius 3 is 2.47 bits per heavy atom. The number of hydrogen-bond donors (Lipinski definition) is 0. The lowest BCUT2D eigenvalue weighted by atomic mass is 9.70. The zero-order valence-electron chi connectivity index (χ0n) is 12.2. The van der Waals surface area contributed by atoms with E-state index in [1.54, 1.807) is 0 Å². The molecule has 1 atom stereocenters. The summed E-state index contributed by atoms with van der Waals surface area (Å²) in [5.74, 6) is 0.300. The lowest BCUT2D eigenvalue weighted by Crippen LogP contribution is -2.58. The number of rotatable bonds is 8. The molecule has 2 aliphatic rings. The summed E-state index contributed by atoms with van der Waals surface area (Å²) < 4.78 is 5.54. The van der Waals surface area contributed by atoms with Gasteiger partial charge in [-0.15, -0.1) is 6.58 Å². The molecule has 1 saturated heterocycles. The van der Waals surface area contributed by atoms with Gasteiger partial charge in [-0.05, 0) is 44.9 Å². The first-order chi connectivity index (χ1) is 9.28. The van der Waals surface area contributed by atoms with Crippen LogP contribution in [0.4, 0.5) is 0 Å². The fourth-order valence-electron chi connectivity index (χ4n) is 3.65. The van der Waals surface area contributed by atoms with E-state index >= 15 is 0 Å². The number of carbonyl (C=O) groups is 1. The summed E-state index contributed by atoms with van der Waals surface area (Å²) in [5.41, 5.74) is -0.0296. The Labute approximate surface area is 117 Å². The summed E-state index contributed by atoms with van der Waals surface area (Å²) in [6.07, 6.45) is 16.5. The standard InChI is InChI=1S/C17H28O2/c1-2-3-4-5-6-7-9-12-15-16(18)19-17(15)13-10-8-11-14-17/h2,15H,1,3-14H2. The fraction of sp³-hybridized carbons (Fsp3) is 0.824. The van der Waals surface area contributed by atoms with Crippen molar-refractivity contribution in [3.05, 3.63) is 12.7 Å². The number of ether oxygens (including phenoxy) is 1. The Kier molecular flexibility index (Phi) is 5.47. The van der Waals surface area contributed by atoms with Crippen molar-refractivity contribution in [2.45, 2.75) is 82.7 Å². The minimum absolute atomic E-state index is 0.0296. The SMILES string of the molecule is C=CCCCCCCCC1C(=O)OC12CCCCC2. The maximum absolute atomic E-state index is 11.7. The first-order valence-electron chi connectivity index (χ1n) is 8.12. The van der Waals surface area contributed by atoms with Gasteiger partial charge in [0.25, 0.3) is 0 Å². The average Bonchev–Trinajstić information content (AvgIpc) is 2.42. The molecule has 1 spiro atoms. The Hall–Kier alpha value is -0.790. The topological polar surface area (TPSA) is 26.3 Å². The van der Waals surface area contributed by atoms with Gasteiger partial charge in [-0.25, -0.2) is 0 Å². The lowest BCUT2D eigenvalue weighted by molar-refractivity contribution is -0.221. The quantitative estimate of drug-likeness (QED) is 0.358. The van der Waals surface area contributed by atoms with Crippen LogP contribution < -0.4 is 0 Å². The number of allylic oxidation sites excluding steroid dienone is 1. The molecule has 0 aromatic rings. The molecular formula is C17H28O2. The number of carbonyl (C=O) groups excluding carboxylic acids is 1. The number of unbranched alkanes of at least 4 members (excludes halogenated alkanes) is 5. The summed E-state index contributed by atoms with van der Waals surface area (Å²) in [5, 5.41) is 0. The summed E-state index contributed by atoms with van der Waals surface area (Å²) in [6.45, 7) is 3.74. The Morgan fingerprint density at radius 1 is 1.11 bits per heavy atom. The van der Waals surface area contributed by atoms with Crippen LogP contribution in [0.1, 0.15) is 77.0 Å². The van der Waals surface area contributed by atoms with Gasteiger partial charge in [-0.1, -0.05) is 38.2 Å². The van der Waals surface area contributed by atoms with Crippen LogP contribution in [0.15, 0.2) is 12.7 Å². The normalized spacial score (nSPS) is 24.8. The van der Waals surface area contributed by atoms with Crippen LogP contribution in [0, 0.1) is 5.92 Å². The van der Waals surface area contributed by atoms with Crippen LogP contribution in [0.3, 0.4) is 0 Å². The van der Waals surface area contributed by atoms with E-state index in [1.807, 2.05) is 6.08 Å². The molecule has 1 aliphatic heterocycles. The second-order valence-electron chi connectivity index (χ2n) is 6.23. The van der Waals surface area contributed by atoms with Gasteiger partial charge < -0.3 is 4.74 Å². The Balaban J connectivity index is 1.61. The van der Waals surface area contributed by atoms with E-state index in [1.165, 1.54) is 51.4 Å². The molecule has 19 heavy (non-hydrogen) atoms. The van der Waals surface area contributed by atoms with E-state index < -0.39 is 0 Å².